The van der Waals surface area contributed by atoms with E-state index in [-0.39, 0.29) is 5.41 Å². The molecular weight excluding hydrogens is 352 g/mol. The molecule has 1 unspecified atom stereocenters. The van der Waals surface area contributed by atoms with Gasteiger partial charge in [0.05, 0.1) is 4.92 Å². The summed E-state index contributed by atoms with van der Waals surface area (Å²) in [6.45, 7) is 13.3. The highest BCUT2D eigenvalue weighted by Gasteiger charge is 2.45. The molecule has 1 aromatic rings. The molecule has 0 saturated heterocycles. The lowest BCUT2D eigenvalue weighted by Gasteiger charge is -2.47. The van der Waals surface area contributed by atoms with Crippen LogP contribution in [0, 0.1) is 22.5 Å². The van der Waals surface area contributed by atoms with E-state index < -0.39 is 19.6 Å². The van der Waals surface area contributed by atoms with Crippen LogP contribution in [-0.4, -0.2) is 26.8 Å². The predicted octanol–water partition coefficient (Wildman–Crippen LogP) is 4.26. The van der Waals surface area contributed by atoms with Gasteiger partial charge < -0.3 is 9.74 Å². The number of benzene rings is 1. The number of hydrogen-bond donors (Lipinski definition) is 1. The molecule has 0 spiro atoms. The van der Waals surface area contributed by atoms with E-state index in [2.05, 4.69) is 64.3 Å². The van der Waals surface area contributed by atoms with E-state index >= 15 is 0 Å². The number of rotatable bonds is 8. The van der Waals surface area contributed by atoms with E-state index in [4.69, 9.17) is 4.43 Å². The van der Waals surface area contributed by atoms with Gasteiger partial charge in [0.15, 0.2) is 9.04 Å². The van der Waals surface area contributed by atoms with E-state index in [0.29, 0.717) is 11.6 Å². The van der Waals surface area contributed by atoms with Crippen LogP contribution in [0.5, 0.6) is 0 Å². The van der Waals surface area contributed by atoms with Crippen molar-refractivity contribution >= 4 is 20.8 Å². The fourth-order valence-electron chi connectivity index (χ4n) is 2.86. The summed E-state index contributed by atoms with van der Waals surface area (Å²) in [7, 11) is -1.38. The van der Waals surface area contributed by atoms with E-state index in [1.165, 1.54) is 17.3 Å². The molecule has 0 heterocycles. The summed E-state index contributed by atoms with van der Waals surface area (Å²) in [5.74, 6) is 0. The second kappa shape index (κ2) is 8.87. The summed E-state index contributed by atoms with van der Waals surface area (Å²) < 4.78 is 6.61. The van der Waals surface area contributed by atoms with Gasteiger partial charge in [-0.25, -0.2) is 0 Å². The number of thioether (sulfide) groups is 1. The van der Waals surface area contributed by atoms with Gasteiger partial charge in [0.25, 0.3) is 6.20 Å². The van der Waals surface area contributed by atoms with Crippen LogP contribution in [0.4, 0.5) is 0 Å². The van der Waals surface area contributed by atoms with E-state index in [0.717, 1.165) is 11.8 Å². The molecule has 0 fully saturated rings. The largest absolute Gasteiger partial charge is 0.409 e. The third kappa shape index (κ3) is 5.86. The molecule has 140 valence electrons. The van der Waals surface area contributed by atoms with Crippen molar-refractivity contribution in [2.75, 3.05) is 12.8 Å². The molecule has 7 heteroatoms. The second-order valence-electron chi connectivity index (χ2n) is 7.45. The Morgan fingerprint density at radius 2 is 2.04 bits per heavy atom. The number of aryl methyl sites for hydroxylation is 1. The number of nitro groups is 1. The van der Waals surface area contributed by atoms with Crippen LogP contribution >= 0.6 is 11.8 Å². The van der Waals surface area contributed by atoms with Crippen molar-refractivity contribution in [1.82, 2.24) is 5.32 Å². The maximum absolute atomic E-state index is 10.8. The zero-order chi connectivity index (χ0) is 19.3. The Hall–Kier alpha value is -1.31. The van der Waals surface area contributed by atoms with Crippen LogP contribution in [0.25, 0.3) is 0 Å². The van der Waals surface area contributed by atoms with Crippen molar-refractivity contribution in [2.45, 2.75) is 46.4 Å². The van der Waals surface area contributed by atoms with E-state index in [1.807, 2.05) is 12.3 Å². The van der Waals surface area contributed by atoms with Crippen molar-refractivity contribution in [1.29, 1.82) is 0 Å². The number of nitrogens with one attached hydrogen (secondary N) is 1. The molecular formula is C18H30N2O3SSi. The summed E-state index contributed by atoms with van der Waals surface area (Å²) >= 11 is 1.33. The SMILES string of the molecule is CSC(=C[N+](=O)[O-])NCC(O[SiH](C)C)(c1cccc(C)c1)C(C)(C)C. The maximum Gasteiger partial charge on any atom is 0.263 e. The van der Waals surface area contributed by atoms with Crippen LogP contribution in [0.2, 0.25) is 13.1 Å². The van der Waals surface area contributed by atoms with E-state index in [1.54, 1.807) is 0 Å². The molecule has 1 N–H and O–H groups in total. The standard InChI is InChI=1S/C18H30N2O3SSi/c1-14-9-8-10-15(11-14)18(17(2,3)4,23-25(6)7)13-19-16(24-5)12-20(21)22/h8-12,19,25H,13H2,1-7H3. The summed E-state index contributed by atoms with van der Waals surface area (Å²) in [5, 5.41) is 14.6. The molecule has 0 aromatic heterocycles. The van der Waals surface area contributed by atoms with Crippen molar-refractivity contribution in [3.63, 3.8) is 0 Å². The summed E-state index contributed by atoms with van der Waals surface area (Å²) in [5.41, 5.74) is 1.52. The Bertz CT molecular complexity index is 629. The van der Waals surface area contributed by atoms with Gasteiger partial charge in [-0.15, -0.1) is 11.8 Å². The van der Waals surface area contributed by atoms with Gasteiger partial charge in [0.1, 0.15) is 10.6 Å². The van der Waals surface area contributed by atoms with Crippen LogP contribution < -0.4 is 5.32 Å². The first-order chi connectivity index (χ1) is 11.5. The van der Waals surface area contributed by atoms with Crippen molar-refractivity contribution < 1.29 is 9.35 Å². The van der Waals surface area contributed by atoms with Gasteiger partial charge in [0.2, 0.25) is 0 Å². The van der Waals surface area contributed by atoms with Gasteiger partial charge in [-0.05, 0) is 37.3 Å². The highest BCUT2D eigenvalue weighted by atomic mass is 32.2. The molecule has 0 bridgehead atoms. The quantitative estimate of drug-likeness (QED) is 0.413. The topological polar surface area (TPSA) is 64.4 Å². The van der Waals surface area contributed by atoms with Crippen molar-refractivity contribution in [3.05, 3.63) is 56.7 Å². The molecule has 1 rings (SSSR count). The minimum Gasteiger partial charge on any atom is -0.409 e. The summed E-state index contributed by atoms with van der Waals surface area (Å²) in [4.78, 5) is 10.4. The van der Waals surface area contributed by atoms with Gasteiger partial charge in [-0.1, -0.05) is 50.6 Å². The molecule has 0 amide bonds. The first-order valence-corrected chi connectivity index (χ1v) is 12.4. The molecule has 0 radical (unpaired) electrons. The zero-order valence-electron chi connectivity index (χ0n) is 16.3. The minimum absolute atomic E-state index is 0.191. The van der Waals surface area contributed by atoms with Crippen LogP contribution in [0.3, 0.4) is 0 Å². The maximum atomic E-state index is 10.8. The Kier molecular flexibility index (Phi) is 7.71. The van der Waals surface area contributed by atoms with Crippen LogP contribution in [-0.2, 0) is 10.0 Å². The number of nitrogens with zero attached hydrogens (tertiary/aromatic N) is 1. The Morgan fingerprint density at radius 3 is 2.48 bits per heavy atom. The number of hydrogen-bond acceptors (Lipinski definition) is 5. The Labute approximate surface area is 157 Å². The normalized spacial score (nSPS) is 15.1. The molecule has 5 nitrogen and oxygen atoms in total. The highest BCUT2D eigenvalue weighted by Crippen LogP contribution is 2.43. The third-order valence-corrected chi connectivity index (χ3v) is 5.65. The monoisotopic (exact) mass is 382 g/mol. The van der Waals surface area contributed by atoms with Crippen LogP contribution in [0.1, 0.15) is 31.9 Å². The smallest absolute Gasteiger partial charge is 0.263 e. The second-order valence-corrected chi connectivity index (χ2v) is 10.6. The Morgan fingerprint density at radius 1 is 1.40 bits per heavy atom. The van der Waals surface area contributed by atoms with Crippen LogP contribution in [0.15, 0.2) is 35.5 Å². The first-order valence-electron chi connectivity index (χ1n) is 8.40. The first kappa shape index (κ1) is 21.7. The lowest BCUT2D eigenvalue weighted by Crippen LogP contribution is -2.51. The minimum atomic E-state index is -1.38. The van der Waals surface area contributed by atoms with Gasteiger partial charge in [-0.2, -0.15) is 0 Å². The molecule has 0 saturated carbocycles. The van der Waals surface area contributed by atoms with Gasteiger partial charge >= 0.3 is 0 Å². The molecule has 1 aromatic carbocycles. The van der Waals surface area contributed by atoms with E-state index in [9.17, 15) is 10.1 Å². The predicted molar refractivity (Wildman–Crippen MR) is 109 cm³/mol. The molecule has 0 aliphatic carbocycles. The summed E-state index contributed by atoms with van der Waals surface area (Å²) in [6, 6.07) is 8.35. The molecule has 0 aliphatic rings. The van der Waals surface area contributed by atoms with Gasteiger partial charge in [0, 0.05) is 6.54 Å². The van der Waals surface area contributed by atoms with Gasteiger partial charge in [-0.3, -0.25) is 10.1 Å². The van der Waals surface area contributed by atoms with Crippen molar-refractivity contribution in [3.8, 4) is 0 Å². The Balaban J connectivity index is 3.37. The third-order valence-electron chi connectivity index (χ3n) is 4.09. The molecule has 25 heavy (non-hydrogen) atoms. The average Bonchev–Trinajstić information content (AvgIpc) is 2.48. The van der Waals surface area contributed by atoms with Crippen molar-refractivity contribution in [2.24, 2.45) is 5.41 Å². The lowest BCUT2D eigenvalue weighted by molar-refractivity contribution is -0.403. The lowest BCUT2D eigenvalue weighted by atomic mass is 9.72. The summed E-state index contributed by atoms with van der Waals surface area (Å²) in [6.07, 6.45) is 2.84. The molecule has 0 aliphatic heterocycles. The fourth-order valence-corrected chi connectivity index (χ4v) is 4.65. The average molecular weight is 383 g/mol. The molecule has 1 atom stereocenters. The zero-order valence-corrected chi connectivity index (χ0v) is 18.2. The fraction of sp³-hybridized carbons (Fsp3) is 0.556. The highest BCUT2D eigenvalue weighted by molar-refractivity contribution is 8.02.